The molecule has 2 aromatic carbocycles. The number of fused-ring (bicyclic) bond motifs is 1. The first-order valence-electron chi connectivity index (χ1n) is 8.35. The molecule has 0 atom stereocenters. The van der Waals surface area contributed by atoms with Gasteiger partial charge in [0.1, 0.15) is 6.33 Å². The molecule has 0 radical (unpaired) electrons. The Hall–Kier alpha value is -3.48. The maximum atomic E-state index is 11.8. The number of hydrogen-bond acceptors (Lipinski definition) is 6. The number of anilines is 3. The summed E-state index contributed by atoms with van der Waals surface area (Å²) in [5.41, 5.74) is 3.09. The van der Waals surface area contributed by atoms with Gasteiger partial charge in [-0.1, -0.05) is 42.5 Å². The van der Waals surface area contributed by atoms with Crippen molar-refractivity contribution < 1.29 is 4.92 Å². The van der Waals surface area contributed by atoms with Gasteiger partial charge in [0.2, 0.25) is 11.6 Å². The van der Waals surface area contributed by atoms with Gasteiger partial charge < -0.3 is 10.2 Å². The molecule has 1 aliphatic heterocycles. The molecule has 0 amide bonds. The van der Waals surface area contributed by atoms with Crippen LogP contribution in [-0.2, 0) is 13.0 Å². The van der Waals surface area contributed by atoms with E-state index in [1.807, 2.05) is 47.4 Å². The molecule has 1 aliphatic rings. The van der Waals surface area contributed by atoms with Gasteiger partial charge in [-0.3, -0.25) is 10.1 Å². The van der Waals surface area contributed by atoms with Crippen LogP contribution in [0.4, 0.5) is 23.0 Å². The number of para-hydroxylation sites is 1. The second kappa shape index (κ2) is 6.79. The standard InChI is InChI=1S/C19H17N5O2/c25-24(26)17-18(22-16-8-2-1-3-9-16)20-13-21-19(17)23-11-10-14-6-4-5-7-15(14)12-23/h1-9,13H,10-12H2,(H,20,21,22). The number of benzene rings is 2. The van der Waals surface area contributed by atoms with E-state index in [2.05, 4.69) is 27.4 Å². The fraction of sp³-hybridized carbons (Fsp3) is 0.158. The van der Waals surface area contributed by atoms with E-state index in [4.69, 9.17) is 0 Å². The molecule has 130 valence electrons. The van der Waals surface area contributed by atoms with E-state index < -0.39 is 4.92 Å². The first-order valence-corrected chi connectivity index (χ1v) is 8.35. The van der Waals surface area contributed by atoms with Crippen LogP contribution in [0.15, 0.2) is 60.9 Å². The Morgan fingerprint density at radius 3 is 2.50 bits per heavy atom. The summed E-state index contributed by atoms with van der Waals surface area (Å²) in [6, 6.07) is 17.4. The number of rotatable bonds is 4. The summed E-state index contributed by atoms with van der Waals surface area (Å²) in [4.78, 5) is 21.6. The molecule has 2 heterocycles. The maximum Gasteiger partial charge on any atom is 0.353 e. The number of aromatic nitrogens is 2. The van der Waals surface area contributed by atoms with Crippen molar-refractivity contribution in [1.29, 1.82) is 0 Å². The quantitative estimate of drug-likeness (QED) is 0.572. The lowest BCUT2D eigenvalue weighted by molar-refractivity contribution is -0.383. The van der Waals surface area contributed by atoms with Crippen molar-refractivity contribution in [2.24, 2.45) is 0 Å². The van der Waals surface area contributed by atoms with Gasteiger partial charge >= 0.3 is 5.69 Å². The van der Waals surface area contributed by atoms with Crippen LogP contribution in [0.5, 0.6) is 0 Å². The molecule has 0 spiro atoms. The molecule has 0 fully saturated rings. The van der Waals surface area contributed by atoms with Crippen molar-refractivity contribution in [3.63, 3.8) is 0 Å². The lowest BCUT2D eigenvalue weighted by atomic mass is 10.00. The van der Waals surface area contributed by atoms with Crippen molar-refractivity contribution in [3.8, 4) is 0 Å². The smallest absolute Gasteiger partial charge is 0.346 e. The Bertz CT molecular complexity index is 946. The Morgan fingerprint density at radius 1 is 1.00 bits per heavy atom. The SMILES string of the molecule is O=[N+]([O-])c1c(Nc2ccccc2)ncnc1N1CCc2ccccc2C1. The molecule has 1 aromatic heterocycles. The first-order chi connectivity index (χ1) is 12.7. The molecule has 0 saturated carbocycles. The molecular weight excluding hydrogens is 330 g/mol. The highest BCUT2D eigenvalue weighted by atomic mass is 16.6. The van der Waals surface area contributed by atoms with Crippen molar-refractivity contribution >= 4 is 23.0 Å². The molecule has 0 bridgehead atoms. The Labute approximate surface area is 150 Å². The lowest BCUT2D eigenvalue weighted by Gasteiger charge is -2.29. The molecule has 1 N–H and O–H groups in total. The minimum Gasteiger partial charge on any atom is -0.346 e. The summed E-state index contributed by atoms with van der Waals surface area (Å²) in [7, 11) is 0. The van der Waals surface area contributed by atoms with Gasteiger partial charge in [-0.25, -0.2) is 9.97 Å². The molecule has 4 rings (SSSR count). The van der Waals surface area contributed by atoms with Crippen LogP contribution in [0, 0.1) is 10.1 Å². The number of hydrogen-bond donors (Lipinski definition) is 1. The second-order valence-corrected chi connectivity index (χ2v) is 6.08. The Morgan fingerprint density at radius 2 is 1.73 bits per heavy atom. The molecule has 7 nitrogen and oxygen atoms in total. The monoisotopic (exact) mass is 347 g/mol. The normalized spacial score (nSPS) is 13.2. The number of nitro groups is 1. The molecule has 3 aromatic rings. The number of nitrogens with zero attached hydrogens (tertiary/aromatic N) is 4. The summed E-state index contributed by atoms with van der Waals surface area (Å²) in [5, 5.41) is 14.8. The molecule has 26 heavy (non-hydrogen) atoms. The molecule has 7 heteroatoms. The summed E-state index contributed by atoms with van der Waals surface area (Å²) in [6.45, 7) is 1.28. The van der Waals surface area contributed by atoms with E-state index in [9.17, 15) is 10.1 Å². The summed E-state index contributed by atoms with van der Waals surface area (Å²) >= 11 is 0. The lowest BCUT2D eigenvalue weighted by Crippen LogP contribution is -2.31. The highest BCUT2D eigenvalue weighted by Gasteiger charge is 2.29. The zero-order chi connectivity index (χ0) is 17.9. The molecule has 0 aliphatic carbocycles. The average molecular weight is 347 g/mol. The predicted molar refractivity (Wildman–Crippen MR) is 99.6 cm³/mol. The third-order valence-electron chi connectivity index (χ3n) is 4.45. The van der Waals surface area contributed by atoms with Crippen LogP contribution in [-0.4, -0.2) is 21.4 Å². The summed E-state index contributed by atoms with van der Waals surface area (Å²) < 4.78 is 0. The van der Waals surface area contributed by atoms with Crippen LogP contribution >= 0.6 is 0 Å². The molecule has 0 unspecified atom stereocenters. The van der Waals surface area contributed by atoms with Crippen molar-refractivity contribution in [3.05, 3.63) is 82.2 Å². The van der Waals surface area contributed by atoms with Crippen LogP contribution < -0.4 is 10.2 Å². The second-order valence-electron chi connectivity index (χ2n) is 6.08. The topological polar surface area (TPSA) is 84.2 Å². The van der Waals surface area contributed by atoms with Crippen molar-refractivity contribution in [1.82, 2.24) is 9.97 Å². The summed E-state index contributed by atoms with van der Waals surface area (Å²) in [6.07, 6.45) is 2.20. The van der Waals surface area contributed by atoms with E-state index in [-0.39, 0.29) is 11.5 Å². The van der Waals surface area contributed by atoms with Gasteiger partial charge in [-0.05, 0) is 29.7 Å². The zero-order valence-corrected chi connectivity index (χ0v) is 14.0. The average Bonchev–Trinajstić information content (AvgIpc) is 2.68. The van der Waals surface area contributed by atoms with Crippen LogP contribution in [0.25, 0.3) is 0 Å². The third-order valence-corrected chi connectivity index (χ3v) is 4.45. The van der Waals surface area contributed by atoms with Gasteiger partial charge in [0, 0.05) is 18.8 Å². The van der Waals surface area contributed by atoms with E-state index in [0.29, 0.717) is 18.9 Å². The van der Waals surface area contributed by atoms with E-state index in [0.717, 1.165) is 12.1 Å². The van der Waals surface area contributed by atoms with Crippen LogP contribution in [0.2, 0.25) is 0 Å². The minimum absolute atomic E-state index is 0.101. The van der Waals surface area contributed by atoms with E-state index in [1.165, 1.54) is 17.5 Å². The van der Waals surface area contributed by atoms with Gasteiger partial charge in [-0.15, -0.1) is 0 Å². The van der Waals surface area contributed by atoms with Crippen LogP contribution in [0.1, 0.15) is 11.1 Å². The molecular formula is C19H17N5O2. The Kier molecular flexibility index (Phi) is 4.18. The van der Waals surface area contributed by atoms with Crippen molar-refractivity contribution in [2.75, 3.05) is 16.8 Å². The maximum absolute atomic E-state index is 11.8. The zero-order valence-electron chi connectivity index (χ0n) is 14.0. The summed E-state index contributed by atoms with van der Waals surface area (Å²) in [5.74, 6) is 0.544. The van der Waals surface area contributed by atoms with E-state index in [1.54, 1.807) is 0 Å². The van der Waals surface area contributed by atoms with Gasteiger partial charge in [0.25, 0.3) is 0 Å². The predicted octanol–water partition coefficient (Wildman–Crippen LogP) is 3.69. The fourth-order valence-electron chi connectivity index (χ4n) is 3.20. The number of nitrogens with one attached hydrogen (secondary N) is 1. The van der Waals surface area contributed by atoms with Gasteiger partial charge in [0.05, 0.1) is 4.92 Å². The third kappa shape index (κ3) is 3.06. The first kappa shape index (κ1) is 16.0. The molecule has 0 saturated heterocycles. The van der Waals surface area contributed by atoms with Gasteiger partial charge in [-0.2, -0.15) is 0 Å². The van der Waals surface area contributed by atoms with Gasteiger partial charge in [0.15, 0.2) is 0 Å². The fourth-order valence-corrected chi connectivity index (χ4v) is 3.20. The van der Waals surface area contributed by atoms with E-state index >= 15 is 0 Å². The highest BCUT2D eigenvalue weighted by Crippen LogP contribution is 2.35. The van der Waals surface area contributed by atoms with Crippen molar-refractivity contribution in [2.45, 2.75) is 13.0 Å². The highest BCUT2D eigenvalue weighted by molar-refractivity contribution is 5.74. The minimum atomic E-state index is -0.416. The van der Waals surface area contributed by atoms with Crippen LogP contribution in [0.3, 0.4) is 0 Å². The largest absolute Gasteiger partial charge is 0.353 e. The Balaban J connectivity index is 1.71.